The van der Waals surface area contributed by atoms with Crippen molar-refractivity contribution in [3.63, 3.8) is 0 Å². The number of halogens is 2. The van der Waals surface area contributed by atoms with Gasteiger partial charge in [-0.25, -0.2) is 4.79 Å². The molecule has 0 saturated carbocycles. The molecule has 0 aliphatic carbocycles. The predicted molar refractivity (Wildman–Crippen MR) is 112 cm³/mol. The number of hydrogen-bond donors (Lipinski definition) is 0. The number of esters is 1. The van der Waals surface area contributed by atoms with Gasteiger partial charge in [0.25, 0.3) is 5.56 Å². The van der Waals surface area contributed by atoms with Crippen LogP contribution in [0.4, 0.5) is 0 Å². The number of carbonyl (C=O) groups excluding carboxylic acids is 1. The van der Waals surface area contributed by atoms with Crippen LogP contribution in [0, 0.1) is 6.92 Å². The number of fused-ring (bicyclic) bond motifs is 1. The van der Waals surface area contributed by atoms with Crippen molar-refractivity contribution in [1.29, 1.82) is 0 Å². The SMILES string of the molecule is COC(=O)c1cn(-c2cccc(Cl)c2Cl)cc2c(=O)n(-c3ccccc3C)nc1-2. The zero-order chi connectivity index (χ0) is 20.7. The van der Waals surface area contributed by atoms with E-state index >= 15 is 0 Å². The number of aromatic nitrogens is 3. The van der Waals surface area contributed by atoms with Gasteiger partial charge in [0.05, 0.1) is 34.1 Å². The monoisotopic (exact) mass is 427 g/mol. The van der Waals surface area contributed by atoms with Crippen LogP contribution in [0.5, 0.6) is 0 Å². The second kappa shape index (κ2) is 7.39. The molecule has 6 nitrogen and oxygen atoms in total. The lowest BCUT2D eigenvalue weighted by molar-refractivity contribution is 0.0600. The van der Waals surface area contributed by atoms with Gasteiger partial charge in [-0.15, -0.1) is 0 Å². The Labute approximate surface area is 176 Å². The summed E-state index contributed by atoms with van der Waals surface area (Å²) >= 11 is 12.5. The van der Waals surface area contributed by atoms with Crippen LogP contribution < -0.4 is 5.56 Å². The van der Waals surface area contributed by atoms with E-state index in [9.17, 15) is 9.59 Å². The van der Waals surface area contributed by atoms with Gasteiger partial charge in [0.2, 0.25) is 0 Å². The zero-order valence-corrected chi connectivity index (χ0v) is 17.0. The van der Waals surface area contributed by atoms with E-state index in [0.717, 1.165) is 5.56 Å². The van der Waals surface area contributed by atoms with Crippen molar-refractivity contribution < 1.29 is 9.53 Å². The van der Waals surface area contributed by atoms with E-state index in [1.807, 2.05) is 25.1 Å². The summed E-state index contributed by atoms with van der Waals surface area (Å²) in [6.45, 7) is 1.88. The predicted octanol–water partition coefficient (Wildman–Crippen LogP) is 4.53. The average Bonchev–Trinajstić information content (AvgIpc) is 3.05. The Morgan fingerprint density at radius 1 is 1.03 bits per heavy atom. The molecule has 146 valence electrons. The Kier molecular flexibility index (Phi) is 4.90. The molecule has 0 atom stereocenters. The second-order valence-electron chi connectivity index (χ2n) is 6.41. The highest BCUT2D eigenvalue weighted by Gasteiger charge is 2.26. The number of hydrogen-bond acceptors (Lipinski definition) is 4. The molecule has 0 amide bonds. The van der Waals surface area contributed by atoms with E-state index in [4.69, 9.17) is 27.9 Å². The number of benzene rings is 2. The first-order valence-corrected chi connectivity index (χ1v) is 9.41. The highest BCUT2D eigenvalue weighted by atomic mass is 35.5. The van der Waals surface area contributed by atoms with Gasteiger partial charge in [0.1, 0.15) is 11.3 Å². The van der Waals surface area contributed by atoms with Gasteiger partial charge in [-0.2, -0.15) is 9.78 Å². The lowest BCUT2D eigenvalue weighted by Crippen LogP contribution is -2.16. The summed E-state index contributed by atoms with van der Waals surface area (Å²) in [5, 5.41) is 5.07. The van der Waals surface area contributed by atoms with E-state index in [1.165, 1.54) is 18.0 Å². The van der Waals surface area contributed by atoms with Crippen molar-refractivity contribution in [2.45, 2.75) is 6.92 Å². The van der Waals surface area contributed by atoms with Crippen LogP contribution in [0.25, 0.3) is 22.6 Å². The largest absolute Gasteiger partial charge is 0.465 e. The lowest BCUT2D eigenvalue weighted by atomic mass is 10.1. The van der Waals surface area contributed by atoms with Crippen LogP contribution in [-0.2, 0) is 4.74 Å². The van der Waals surface area contributed by atoms with Crippen LogP contribution in [0.2, 0.25) is 10.0 Å². The molecular weight excluding hydrogens is 413 g/mol. The molecule has 0 unspecified atom stereocenters. The number of pyridine rings is 1. The summed E-state index contributed by atoms with van der Waals surface area (Å²) in [6, 6.07) is 12.5. The molecule has 0 N–H and O–H groups in total. The molecule has 0 fully saturated rings. The first-order valence-electron chi connectivity index (χ1n) is 8.66. The molecule has 29 heavy (non-hydrogen) atoms. The Morgan fingerprint density at radius 3 is 2.48 bits per heavy atom. The third kappa shape index (κ3) is 3.20. The van der Waals surface area contributed by atoms with Gasteiger partial charge in [0, 0.05) is 12.4 Å². The maximum atomic E-state index is 13.2. The fraction of sp³-hybridized carbons (Fsp3) is 0.0952. The molecule has 2 aromatic rings. The molecular formula is C21H15Cl2N3O3. The van der Waals surface area contributed by atoms with Gasteiger partial charge in [-0.1, -0.05) is 47.5 Å². The summed E-state index contributed by atoms with van der Waals surface area (Å²) < 4.78 is 7.77. The molecule has 2 aromatic carbocycles. The van der Waals surface area contributed by atoms with Crippen molar-refractivity contribution in [3.05, 3.63) is 86.4 Å². The average molecular weight is 428 g/mol. The maximum absolute atomic E-state index is 13.2. The zero-order valence-electron chi connectivity index (χ0n) is 15.5. The van der Waals surface area contributed by atoms with Crippen molar-refractivity contribution in [3.8, 4) is 22.6 Å². The summed E-state index contributed by atoms with van der Waals surface area (Å²) in [5.74, 6) is -0.614. The molecule has 2 aliphatic rings. The van der Waals surface area contributed by atoms with Gasteiger partial charge in [-0.05, 0) is 30.7 Å². The van der Waals surface area contributed by atoms with Gasteiger partial charge < -0.3 is 9.30 Å². The number of carbonyl (C=O) groups is 1. The highest BCUT2D eigenvalue weighted by molar-refractivity contribution is 6.43. The molecule has 0 radical (unpaired) electrons. The lowest BCUT2D eigenvalue weighted by Gasteiger charge is -2.13. The number of para-hydroxylation sites is 1. The van der Waals surface area contributed by atoms with Crippen LogP contribution >= 0.6 is 23.2 Å². The van der Waals surface area contributed by atoms with Crippen molar-refractivity contribution in [2.75, 3.05) is 7.11 Å². The molecule has 0 aromatic heterocycles. The van der Waals surface area contributed by atoms with E-state index in [-0.39, 0.29) is 22.4 Å². The van der Waals surface area contributed by atoms with E-state index < -0.39 is 5.97 Å². The number of methoxy groups -OCH3 is 1. The number of rotatable bonds is 3. The molecule has 0 bridgehead atoms. The normalized spacial score (nSPS) is 11.0. The first kappa shape index (κ1) is 19.2. The Hall–Kier alpha value is -3.09. The summed E-state index contributed by atoms with van der Waals surface area (Å²) in [7, 11) is 1.27. The molecule has 2 aliphatic heterocycles. The summed E-state index contributed by atoms with van der Waals surface area (Å²) in [4.78, 5) is 25.6. The number of nitrogens with zero attached hydrogens (tertiary/aromatic N) is 3. The maximum Gasteiger partial charge on any atom is 0.341 e. The van der Waals surface area contributed by atoms with Crippen LogP contribution in [0.15, 0.2) is 59.7 Å². The third-order valence-electron chi connectivity index (χ3n) is 4.63. The summed E-state index contributed by atoms with van der Waals surface area (Å²) in [6.07, 6.45) is 3.11. The van der Waals surface area contributed by atoms with Crippen LogP contribution in [0.3, 0.4) is 0 Å². The smallest absolute Gasteiger partial charge is 0.341 e. The molecule has 8 heteroatoms. The minimum absolute atomic E-state index is 0.144. The molecule has 4 rings (SSSR count). The second-order valence-corrected chi connectivity index (χ2v) is 7.19. The highest BCUT2D eigenvalue weighted by Crippen LogP contribution is 2.31. The van der Waals surface area contributed by atoms with Gasteiger partial charge >= 0.3 is 5.97 Å². The fourth-order valence-corrected chi connectivity index (χ4v) is 3.55. The Bertz CT molecular complexity index is 1280. The van der Waals surface area contributed by atoms with E-state index in [0.29, 0.717) is 21.4 Å². The summed E-state index contributed by atoms with van der Waals surface area (Å²) in [5.41, 5.74) is 2.33. The van der Waals surface area contributed by atoms with Crippen molar-refractivity contribution in [2.24, 2.45) is 0 Å². The van der Waals surface area contributed by atoms with E-state index in [2.05, 4.69) is 5.10 Å². The van der Waals surface area contributed by atoms with Gasteiger partial charge in [0.15, 0.2) is 0 Å². The quantitative estimate of drug-likeness (QED) is 0.450. The molecule has 2 heterocycles. The molecule has 0 saturated heterocycles. The van der Waals surface area contributed by atoms with Crippen molar-refractivity contribution in [1.82, 2.24) is 14.3 Å². The number of aryl methyl sites for hydroxylation is 1. The van der Waals surface area contributed by atoms with Crippen LogP contribution in [0.1, 0.15) is 15.9 Å². The molecule has 0 spiro atoms. The minimum Gasteiger partial charge on any atom is -0.465 e. The van der Waals surface area contributed by atoms with Crippen molar-refractivity contribution >= 4 is 29.2 Å². The standard InChI is InChI=1S/C21H15Cl2N3O3/c1-12-6-3-4-8-16(12)26-20(27)13-10-25(17-9-5-7-15(22)18(17)23)11-14(19(13)24-26)21(28)29-2/h3-11H,1-2H3. The van der Waals surface area contributed by atoms with Crippen LogP contribution in [-0.4, -0.2) is 27.4 Å². The Balaban J connectivity index is 2.05. The number of ether oxygens (including phenoxy) is 1. The first-order chi connectivity index (χ1) is 13.9. The van der Waals surface area contributed by atoms with E-state index in [1.54, 1.807) is 35.0 Å². The minimum atomic E-state index is -0.614. The van der Waals surface area contributed by atoms with Gasteiger partial charge in [-0.3, -0.25) is 4.79 Å². The Morgan fingerprint density at radius 2 is 1.76 bits per heavy atom. The third-order valence-corrected chi connectivity index (χ3v) is 5.44. The fourth-order valence-electron chi connectivity index (χ4n) is 3.16. The topological polar surface area (TPSA) is 66.1 Å².